The highest BCUT2D eigenvalue weighted by molar-refractivity contribution is 9.10. The lowest BCUT2D eigenvalue weighted by atomic mass is 10.1. The average molecular weight is 537 g/mol. The van der Waals surface area contributed by atoms with Gasteiger partial charge in [-0.15, -0.1) is 0 Å². The zero-order chi connectivity index (χ0) is 21.6. The van der Waals surface area contributed by atoms with Crippen molar-refractivity contribution >= 4 is 54.3 Å². The van der Waals surface area contributed by atoms with Crippen LogP contribution in [0.4, 0.5) is 8.78 Å². The number of halogens is 4. The fraction of sp³-hybridized carbons (Fsp3) is 0.300. The first-order valence-electron chi connectivity index (χ1n) is 8.21. The highest BCUT2D eigenvalue weighted by Crippen LogP contribution is 2.19. The van der Waals surface area contributed by atoms with E-state index >= 15 is 0 Å². The Morgan fingerprint density at radius 1 is 0.929 bits per heavy atom. The van der Waals surface area contributed by atoms with Gasteiger partial charge in [0.25, 0.3) is 0 Å². The summed E-state index contributed by atoms with van der Waals surface area (Å²) in [6, 6.07) is 8.90. The van der Waals surface area contributed by atoms with Crippen molar-refractivity contribution in [2.75, 3.05) is 0 Å². The van der Waals surface area contributed by atoms with Crippen molar-refractivity contribution in [3.8, 4) is 0 Å². The second kappa shape index (κ2) is 10.5. The zero-order valence-corrected chi connectivity index (χ0v) is 20.1. The lowest BCUT2D eigenvalue weighted by Gasteiger charge is -2.14. The highest BCUT2D eigenvalue weighted by Gasteiger charge is 2.19. The van der Waals surface area contributed by atoms with Gasteiger partial charge < -0.3 is 0 Å². The van der Waals surface area contributed by atoms with E-state index in [4.69, 9.17) is 0 Å². The summed E-state index contributed by atoms with van der Waals surface area (Å²) >= 11 is 6.42. The Hall–Kier alpha value is -1.25. The number of hydrogen-bond donors (Lipinski definition) is 0. The summed E-state index contributed by atoms with van der Waals surface area (Å²) in [6.45, 7) is 8.49. The van der Waals surface area contributed by atoms with Gasteiger partial charge >= 0.3 is 0 Å². The molecule has 0 aliphatic rings. The first kappa shape index (κ1) is 24.8. The molecule has 0 radical (unpaired) electrons. The van der Waals surface area contributed by atoms with Crippen LogP contribution in [0.15, 0.2) is 49.7 Å². The van der Waals surface area contributed by atoms with E-state index in [2.05, 4.69) is 36.3 Å². The molecular weight excluding hydrogens is 516 g/mol. The molecule has 0 aliphatic heterocycles. The minimum absolute atomic E-state index is 0.124. The summed E-state index contributed by atoms with van der Waals surface area (Å²) in [4.78, 5) is 10.8. The molecule has 0 bridgehead atoms. The molecule has 0 heterocycles. The van der Waals surface area contributed by atoms with Gasteiger partial charge in [0.15, 0.2) is 5.78 Å². The van der Waals surface area contributed by atoms with E-state index in [1.165, 1.54) is 25.1 Å². The van der Waals surface area contributed by atoms with Crippen LogP contribution in [0, 0.1) is 11.6 Å². The van der Waals surface area contributed by atoms with Crippen LogP contribution >= 0.6 is 31.9 Å². The molecular formula is C20H21Br2F2NO2S. The number of carbonyl (C=O) groups excluding carboxylic acids is 1. The number of ketones is 1. The zero-order valence-electron chi connectivity index (χ0n) is 16.1. The standard InChI is InChI=1S/C12H15BrFNOS.C8H6BrFO/c1-8(15-17(16)12(2,3)4)10-7-9(13)5-6-11(10)14;1-5(11)7-4-6(9)2-3-8(7)10/h5-7H,1-4H3;2-4H,1H3. The Morgan fingerprint density at radius 3 is 1.75 bits per heavy atom. The fourth-order valence-corrected chi connectivity index (χ4v) is 3.20. The molecule has 0 aliphatic carbocycles. The SMILES string of the molecule is CC(=NS(=O)C(C)(C)C)c1cc(Br)ccc1F.CC(=O)c1cc(Br)ccc1F. The Morgan fingerprint density at radius 2 is 1.36 bits per heavy atom. The van der Waals surface area contributed by atoms with E-state index in [1.54, 1.807) is 25.1 Å². The lowest BCUT2D eigenvalue weighted by molar-refractivity contribution is 0.101. The summed E-state index contributed by atoms with van der Waals surface area (Å²) in [7, 11) is -1.38. The third kappa shape index (κ3) is 7.64. The molecule has 0 aromatic heterocycles. The van der Waals surface area contributed by atoms with E-state index in [-0.39, 0.29) is 17.2 Å². The normalized spacial score (nSPS) is 12.8. The van der Waals surface area contributed by atoms with Crippen LogP contribution in [0.5, 0.6) is 0 Å². The van der Waals surface area contributed by atoms with Gasteiger partial charge in [0.1, 0.15) is 22.6 Å². The Kier molecular flexibility index (Phi) is 9.30. The second-order valence-corrected chi connectivity index (χ2v) is 10.6. The first-order chi connectivity index (χ1) is 12.8. The quantitative estimate of drug-likeness (QED) is 0.325. The van der Waals surface area contributed by atoms with Gasteiger partial charge in [-0.2, -0.15) is 4.40 Å². The number of nitrogens with zero attached hydrogens (tertiary/aromatic N) is 1. The van der Waals surface area contributed by atoms with Crippen LogP contribution in [0.2, 0.25) is 0 Å². The minimum atomic E-state index is -1.38. The first-order valence-corrected chi connectivity index (χ1v) is 10.9. The number of hydrogen-bond acceptors (Lipinski definition) is 2. The van der Waals surface area contributed by atoms with Crippen LogP contribution in [-0.4, -0.2) is 20.5 Å². The van der Waals surface area contributed by atoms with Crippen LogP contribution < -0.4 is 0 Å². The number of carbonyl (C=O) groups is 1. The Labute approximate surface area is 183 Å². The van der Waals surface area contributed by atoms with E-state index in [1.807, 2.05) is 20.8 Å². The average Bonchev–Trinajstić information content (AvgIpc) is 2.58. The van der Waals surface area contributed by atoms with Gasteiger partial charge in [-0.25, -0.2) is 13.0 Å². The van der Waals surface area contributed by atoms with Crippen LogP contribution in [0.3, 0.4) is 0 Å². The van der Waals surface area contributed by atoms with E-state index < -0.39 is 21.5 Å². The van der Waals surface area contributed by atoms with Crippen LogP contribution in [0.25, 0.3) is 0 Å². The lowest BCUT2D eigenvalue weighted by Crippen LogP contribution is -2.20. The molecule has 2 aromatic rings. The van der Waals surface area contributed by atoms with Crippen LogP contribution in [0.1, 0.15) is 50.5 Å². The molecule has 0 N–H and O–H groups in total. The molecule has 0 saturated heterocycles. The highest BCUT2D eigenvalue weighted by atomic mass is 79.9. The molecule has 8 heteroatoms. The van der Waals surface area contributed by atoms with Crippen molar-refractivity contribution in [1.29, 1.82) is 0 Å². The largest absolute Gasteiger partial charge is 0.294 e. The number of rotatable bonds is 3. The van der Waals surface area contributed by atoms with Crippen molar-refractivity contribution in [2.24, 2.45) is 4.40 Å². The molecule has 0 fully saturated rings. The molecule has 0 amide bonds. The predicted molar refractivity (Wildman–Crippen MR) is 118 cm³/mol. The van der Waals surface area contributed by atoms with Gasteiger partial charge in [-0.1, -0.05) is 31.9 Å². The van der Waals surface area contributed by atoms with E-state index in [9.17, 15) is 17.8 Å². The predicted octanol–water partition coefficient (Wildman–Crippen LogP) is 6.65. The maximum absolute atomic E-state index is 13.6. The maximum Gasteiger partial charge on any atom is 0.162 e. The smallest absolute Gasteiger partial charge is 0.162 e. The third-order valence-corrected chi connectivity index (χ3v) is 5.84. The topological polar surface area (TPSA) is 46.5 Å². The molecule has 1 atom stereocenters. The van der Waals surface area contributed by atoms with Crippen molar-refractivity contribution in [2.45, 2.75) is 39.4 Å². The summed E-state index contributed by atoms with van der Waals surface area (Å²) in [5, 5.41) is 0. The van der Waals surface area contributed by atoms with Gasteiger partial charge in [-0.05, 0) is 71.0 Å². The van der Waals surface area contributed by atoms with Gasteiger partial charge in [0.2, 0.25) is 0 Å². The van der Waals surface area contributed by atoms with E-state index in [0.29, 0.717) is 15.7 Å². The van der Waals surface area contributed by atoms with Gasteiger partial charge in [0, 0.05) is 14.5 Å². The maximum atomic E-state index is 13.6. The van der Waals surface area contributed by atoms with Crippen molar-refractivity contribution in [3.05, 3.63) is 68.1 Å². The molecule has 28 heavy (non-hydrogen) atoms. The number of benzene rings is 2. The fourth-order valence-electron chi connectivity index (χ4n) is 1.85. The van der Waals surface area contributed by atoms with Crippen molar-refractivity contribution in [3.63, 3.8) is 0 Å². The summed E-state index contributed by atoms with van der Waals surface area (Å²) < 4.78 is 43.3. The van der Waals surface area contributed by atoms with Gasteiger partial charge in [-0.3, -0.25) is 4.79 Å². The monoisotopic (exact) mass is 535 g/mol. The van der Waals surface area contributed by atoms with Crippen LogP contribution in [-0.2, 0) is 11.0 Å². The molecule has 3 nitrogen and oxygen atoms in total. The number of Topliss-reactive ketones (excluding diaryl/α,β-unsaturated/α-hetero) is 1. The summed E-state index contributed by atoms with van der Waals surface area (Å²) in [5.74, 6) is -1.09. The third-order valence-electron chi connectivity index (χ3n) is 3.37. The summed E-state index contributed by atoms with van der Waals surface area (Å²) in [6.07, 6.45) is 0. The van der Waals surface area contributed by atoms with E-state index in [0.717, 1.165) is 4.47 Å². The van der Waals surface area contributed by atoms with Crippen molar-refractivity contribution in [1.82, 2.24) is 0 Å². The Bertz CT molecular complexity index is 925. The molecule has 2 aromatic carbocycles. The molecule has 0 spiro atoms. The second-order valence-electron chi connectivity index (χ2n) is 6.84. The van der Waals surface area contributed by atoms with Gasteiger partial charge in [0.05, 0.1) is 16.0 Å². The van der Waals surface area contributed by atoms with Crippen molar-refractivity contribution < 1.29 is 17.8 Å². The minimum Gasteiger partial charge on any atom is -0.294 e. The molecule has 1 unspecified atom stereocenters. The molecule has 152 valence electrons. The molecule has 2 rings (SSSR count). The Balaban J connectivity index is 0.000000307. The molecule has 0 saturated carbocycles. The summed E-state index contributed by atoms with van der Waals surface area (Å²) in [5.41, 5.74) is 0.938.